The number of hydrogen-bond donors (Lipinski definition) is 0. The summed E-state index contributed by atoms with van der Waals surface area (Å²) in [7, 11) is 1.66. The first-order valence-electron chi connectivity index (χ1n) is 7.93. The maximum atomic E-state index is 4.91. The molecule has 0 bridgehead atoms. The van der Waals surface area contributed by atoms with Crippen LogP contribution in [0, 0.1) is 6.92 Å². The molecule has 0 atom stereocenters. The van der Waals surface area contributed by atoms with Crippen LogP contribution in [0.3, 0.4) is 0 Å². The molecule has 0 unspecified atom stereocenters. The molecular weight excluding hydrogens is 280 g/mol. The Kier molecular flexibility index (Phi) is 14.1. The Labute approximate surface area is 141 Å². The van der Waals surface area contributed by atoms with Crippen molar-refractivity contribution in [3.8, 4) is 5.75 Å². The lowest BCUT2D eigenvalue weighted by atomic mass is 10.2. The maximum absolute atomic E-state index is 4.91. The number of methoxy groups -OCH3 is 1. The second-order valence-electron chi connectivity index (χ2n) is 4.33. The molecule has 0 radical (unpaired) electrons. The van der Waals surface area contributed by atoms with Crippen LogP contribution in [0.4, 0.5) is 0 Å². The molecular formula is C22H28O. The van der Waals surface area contributed by atoms with Gasteiger partial charge in [0, 0.05) is 0 Å². The number of ether oxygens (including phenoxy) is 1. The van der Waals surface area contributed by atoms with Crippen molar-refractivity contribution in [1.29, 1.82) is 0 Å². The standard InChI is InChI=1S/C7H8O.C7H8.C6H6.C2H6/c1-8-7-5-3-2-4-6-7;1-7-5-3-2-4-6-7;1-2-4-6-5-3-1;1-2/h2-6H,1H3;2-6H,1H3;1-6H;1-2H3. The quantitative estimate of drug-likeness (QED) is 0.505. The van der Waals surface area contributed by atoms with Crippen LogP contribution >= 0.6 is 0 Å². The van der Waals surface area contributed by atoms with Crippen LogP contribution < -0.4 is 4.74 Å². The Morgan fingerprint density at radius 2 is 0.826 bits per heavy atom. The Bertz CT molecular complexity index is 521. The minimum atomic E-state index is 0.910. The average Bonchev–Trinajstić information content (AvgIpc) is 2.67. The van der Waals surface area contributed by atoms with Gasteiger partial charge in [-0.1, -0.05) is 104 Å². The fourth-order valence-corrected chi connectivity index (χ4v) is 1.48. The van der Waals surface area contributed by atoms with E-state index in [1.807, 2.05) is 98.8 Å². The molecule has 3 aromatic carbocycles. The summed E-state index contributed by atoms with van der Waals surface area (Å²) >= 11 is 0. The Morgan fingerprint density at radius 3 is 1.04 bits per heavy atom. The van der Waals surface area contributed by atoms with E-state index in [2.05, 4.69) is 19.1 Å². The highest BCUT2D eigenvalue weighted by atomic mass is 16.5. The van der Waals surface area contributed by atoms with E-state index in [-0.39, 0.29) is 0 Å². The fraction of sp³-hybridized carbons (Fsp3) is 0.182. The summed E-state index contributed by atoms with van der Waals surface area (Å²) < 4.78 is 4.91. The predicted octanol–water partition coefficient (Wildman–Crippen LogP) is 6.40. The molecule has 1 heteroatoms. The number of para-hydroxylation sites is 1. The molecule has 1 nitrogen and oxygen atoms in total. The van der Waals surface area contributed by atoms with Gasteiger partial charge in [0.2, 0.25) is 0 Å². The first-order chi connectivity index (χ1) is 11.3. The van der Waals surface area contributed by atoms with Gasteiger partial charge in [-0.15, -0.1) is 0 Å². The van der Waals surface area contributed by atoms with E-state index in [9.17, 15) is 0 Å². The van der Waals surface area contributed by atoms with Gasteiger partial charge < -0.3 is 4.74 Å². The minimum absolute atomic E-state index is 0.910. The monoisotopic (exact) mass is 308 g/mol. The number of aryl methyl sites for hydroxylation is 1. The minimum Gasteiger partial charge on any atom is -0.497 e. The molecule has 3 rings (SSSR count). The summed E-state index contributed by atoms with van der Waals surface area (Å²) in [5, 5.41) is 0. The molecule has 0 saturated heterocycles. The zero-order valence-electron chi connectivity index (χ0n) is 14.6. The third kappa shape index (κ3) is 12.9. The summed E-state index contributed by atoms with van der Waals surface area (Å²) in [6.45, 7) is 6.08. The summed E-state index contributed by atoms with van der Waals surface area (Å²) in [6, 6.07) is 31.9. The van der Waals surface area contributed by atoms with E-state index in [4.69, 9.17) is 4.74 Å². The van der Waals surface area contributed by atoms with Crippen LogP contribution in [0.2, 0.25) is 0 Å². The van der Waals surface area contributed by atoms with Crippen molar-refractivity contribution >= 4 is 0 Å². The molecule has 0 spiro atoms. The Hall–Kier alpha value is -2.54. The summed E-state index contributed by atoms with van der Waals surface area (Å²) in [5.41, 5.74) is 1.32. The average molecular weight is 308 g/mol. The molecule has 0 aliphatic carbocycles. The SMILES string of the molecule is CC.COc1ccccc1.Cc1ccccc1.c1ccccc1. The second kappa shape index (κ2) is 15.8. The van der Waals surface area contributed by atoms with Gasteiger partial charge in [0.1, 0.15) is 5.75 Å². The fourth-order valence-electron chi connectivity index (χ4n) is 1.48. The van der Waals surface area contributed by atoms with Crippen molar-refractivity contribution in [2.24, 2.45) is 0 Å². The van der Waals surface area contributed by atoms with Crippen molar-refractivity contribution in [3.63, 3.8) is 0 Å². The highest BCUT2D eigenvalue weighted by Crippen LogP contribution is 2.05. The van der Waals surface area contributed by atoms with Crippen LogP contribution in [0.15, 0.2) is 97.1 Å². The van der Waals surface area contributed by atoms with E-state index in [0.29, 0.717) is 0 Å². The van der Waals surface area contributed by atoms with Crippen LogP contribution in [0.1, 0.15) is 19.4 Å². The van der Waals surface area contributed by atoms with Gasteiger partial charge in [-0.25, -0.2) is 0 Å². The van der Waals surface area contributed by atoms with Gasteiger partial charge in [-0.2, -0.15) is 0 Å². The van der Waals surface area contributed by atoms with Gasteiger partial charge in [-0.05, 0) is 19.1 Å². The van der Waals surface area contributed by atoms with Gasteiger partial charge in [0.05, 0.1) is 7.11 Å². The van der Waals surface area contributed by atoms with E-state index >= 15 is 0 Å². The summed E-state index contributed by atoms with van der Waals surface area (Å²) in [4.78, 5) is 0. The molecule has 0 aliphatic rings. The number of rotatable bonds is 1. The molecule has 122 valence electrons. The molecule has 0 saturated carbocycles. The lowest BCUT2D eigenvalue weighted by molar-refractivity contribution is 0.415. The molecule has 3 aromatic rings. The van der Waals surface area contributed by atoms with E-state index in [1.54, 1.807) is 7.11 Å². The number of benzene rings is 3. The molecule has 0 N–H and O–H groups in total. The highest BCUT2D eigenvalue weighted by molar-refractivity contribution is 5.20. The largest absolute Gasteiger partial charge is 0.497 e. The molecule has 0 fully saturated rings. The first-order valence-corrected chi connectivity index (χ1v) is 7.93. The topological polar surface area (TPSA) is 9.23 Å². The zero-order valence-corrected chi connectivity index (χ0v) is 14.6. The van der Waals surface area contributed by atoms with Gasteiger partial charge in [0.15, 0.2) is 0 Å². The normalized spacial score (nSPS) is 8.00. The van der Waals surface area contributed by atoms with E-state index in [1.165, 1.54) is 5.56 Å². The van der Waals surface area contributed by atoms with Crippen LogP contribution in [-0.4, -0.2) is 7.11 Å². The molecule has 23 heavy (non-hydrogen) atoms. The van der Waals surface area contributed by atoms with Gasteiger partial charge in [0.25, 0.3) is 0 Å². The zero-order chi connectivity index (χ0) is 17.2. The lowest BCUT2D eigenvalue weighted by Crippen LogP contribution is -1.78. The van der Waals surface area contributed by atoms with Crippen molar-refractivity contribution in [2.45, 2.75) is 20.8 Å². The third-order valence-corrected chi connectivity index (χ3v) is 2.59. The van der Waals surface area contributed by atoms with Gasteiger partial charge in [-0.3, -0.25) is 0 Å². The Morgan fingerprint density at radius 1 is 0.522 bits per heavy atom. The highest BCUT2D eigenvalue weighted by Gasteiger charge is 1.80. The van der Waals surface area contributed by atoms with E-state index < -0.39 is 0 Å². The van der Waals surface area contributed by atoms with Crippen molar-refractivity contribution in [3.05, 3.63) is 103 Å². The maximum Gasteiger partial charge on any atom is 0.118 e. The van der Waals surface area contributed by atoms with Crippen molar-refractivity contribution < 1.29 is 4.74 Å². The van der Waals surface area contributed by atoms with Crippen molar-refractivity contribution in [1.82, 2.24) is 0 Å². The van der Waals surface area contributed by atoms with Crippen LogP contribution in [0.5, 0.6) is 5.75 Å². The molecule has 0 amide bonds. The first kappa shape index (κ1) is 20.5. The smallest absolute Gasteiger partial charge is 0.118 e. The third-order valence-electron chi connectivity index (χ3n) is 2.59. The molecule has 0 aliphatic heterocycles. The molecule has 0 heterocycles. The predicted molar refractivity (Wildman–Crippen MR) is 102 cm³/mol. The molecule has 0 aromatic heterocycles. The van der Waals surface area contributed by atoms with Crippen LogP contribution in [-0.2, 0) is 0 Å². The van der Waals surface area contributed by atoms with Crippen LogP contribution in [0.25, 0.3) is 0 Å². The van der Waals surface area contributed by atoms with E-state index in [0.717, 1.165) is 5.75 Å². The summed E-state index contributed by atoms with van der Waals surface area (Å²) in [5.74, 6) is 0.910. The lowest BCUT2D eigenvalue weighted by Gasteiger charge is -1.93. The number of hydrogen-bond acceptors (Lipinski definition) is 1. The van der Waals surface area contributed by atoms with Gasteiger partial charge >= 0.3 is 0 Å². The summed E-state index contributed by atoms with van der Waals surface area (Å²) in [6.07, 6.45) is 0. The van der Waals surface area contributed by atoms with Crippen molar-refractivity contribution in [2.75, 3.05) is 7.11 Å². The Balaban J connectivity index is 0.000000302. The second-order valence-corrected chi connectivity index (χ2v) is 4.33.